The van der Waals surface area contributed by atoms with Gasteiger partial charge in [0.1, 0.15) is 0 Å². The van der Waals surface area contributed by atoms with E-state index in [0.29, 0.717) is 6.42 Å². The summed E-state index contributed by atoms with van der Waals surface area (Å²) in [4.78, 5) is 2.29. The van der Waals surface area contributed by atoms with Crippen molar-refractivity contribution in [1.29, 1.82) is 5.26 Å². The Morgan fingerprint density at radius 1 is 1.21 bits per heavy atom. The van der Waals surface area contributed by atoms with E-state index in [2.05, 4.69) is 18.0 Å². The average Bonchev–Trinajstić information content (AvgIpc) is 2.25. The van der Waals surface area contributed by atoms with Crippen molar-refractivity contribution in [3.05, 3.63) is 0 Å². The Morgan fingerprint density at radius 3 is 2.57 bits per heavy atom. The number of nitriles is 1. The van der Waals surface area contributed by atoms with Crippen molar-refractivity contribution in [3.8, 4) is 6.07 Å². The number of hydrogen-bond acceptors (Lipinski definition) is 2. The molecule has 0 radical (unpaired) electrons. The number of nitrogens with zero attached hydrogens (tertiary/aromatic N) is 2. The maximum Gasteiger partial charge on any atom is 0.0635 e. The molecule has 0 heterocycles. The third-order valence-electron chi connectivity index (χ3n) is 3.25. The van der Waals surface area contributed by atoms with Crippen LogP contribution in [0.5, 0.6) is 0 Å². The zero-order chi connectivity index (χ0) is 10.2. The normalized spacial score (nSPS) is 18.4. The van der Waals surface area contributed by atoms with Crippen molar-refractivity contribution >= 4 is 0 Å². The fraction of sp³-hybridized carbons (Fsp3) is 0.917. The fourth-order valence-electron chi connectivity index (χ4n) is 2.23. The summed E-state index contributed by atoms with van der Waals surface area (Å²) in [5.41, 5.74) is 0. The van der Waals surface area contributed by atoms with Gasteiger partial charge in [-0.2, -0.15) is 5.26 Å². The number of hydrogen-bond donors (Lipinski definition) is 0. The predicted octanol–water partition coefficient (Wildman–Crippen LogP) is 2.80. The van der Waals surface area contributed by atoms with Crippen molar-refractivity contribution in [2.75, 3.05) is 20.1 Å². The molecule has 2 heteroatoms. The van der Waals surface area contributed by atoms with E-state index < -0.39 is 0 Å². The summed E-state index contributed by atoms with van der Waals surface area (Å²) >= 11 is 0. The molecule has 0 saturated heterocycles. The van der Waals surface area contributed by atoms with E-state index in [1.54, 1.807) is 0 Å². The molecule has 0 aromatic rings. The van der Waals surface area contributed by atoms with Gasteiger partial charge in [0.15, 0.2) is 0 Å². The van der Waals surface area contributed by atoms with Crippen LogP contribution in [-0.2, 0) is 0 Å². The molecule has 0 aromatic heterocycles. The van der Waals surface area contributed by atoms with E-state index in [0.717, 1.165) is 12.5 Å². The van der Waals surface area contributed by atoms with Crippen LogP contribution < -0.4 is 0 Å². The minimum Gasteiger partial charge on any atom is -0.305 e. The monoisotopic (exact) mass is 194 g/mol. The second kappa shape index (κ2) is 6.84. The first-order chi connectivity index (χ1) is 6.83. The molecule has 0 atom stereocenters. The molecule has 0 aromatic carbocycles. The Bertz CT molecular complexity index is 177. The van der Waals surface area contributed by atoms with Gasteiger partial charge < -0.3 is 4.90 Å². The quantitative estimate of drug-likeness (QED) is 0.673. The van der Waals surface area contributed by atoms with Crippen molar-refractivity contribution < 1.29 is 0 Å². The molecule has 0 N–H and O–H groups in total. The average molecular weight is 194 g/mol. The highest BCUT2D eigenvalue weighted by Crippen LogP contribution is 2.26. The van der Waals surface area contributed by atoms with E-state index in [4.69, 9.17) is 5.26 Å². The SMILES string of the molecule is CN(CCC#N)CCC1CCCCC1. The van der Waals surface area contributed by atoms with E-state index in [1.165, 1.54) is 45.1 Å². The van der Waals surface area contributed by atoms with Gasteiger partial charge in [-0.3, -0.25) is 0 Å². The van der Waals surface area contributed by atoms with Crippen LogP contribution in [-0.4, -0.2) is 25.0 Å². The summed E-state index contributed by atoms with van der Waals surface area (Å²) in [5, 5.41) is 8.46. The first-order valence-corrected chi connectivity index (χ1v) is 5.88. The van der Waals surface area contributed by atoms with Crippen LogP contribution >= 0.6 is 0 Å². The molecule has 0 spiro atoms. The van der Waals surface area contributed by atoms with Crippen molar-refractivity contribution in [2.45, 2.75) is 44.9 Å². The number of rotatable bonds is 5. The highest BCUT2D eigenvalue weighted by molar-refractivity contribution is 4.72. The minimum absolute atomic E-state index is 0.668. The van der Waals surface area contributed by atoms with Gasteiger partial charge in [0.2, 0.25) is 0 Å². The lowest BCUT2D eigenvalue weighted by molar-refractivity contribution is 0.268. The summed E-state index contributed by atoms with van der Waals surface area (Å²) < 4.78 is 0. The van der Waals surface area contributed by atoms with Gasteiger partial charge >= 0.3 is 0 Å². The zero-order valence-electron chi connectivity index (χ0n) is 9.34. The molecule has 0 amide bonds. The van der Waals surface area contributed by atoms with Crippen LogP contribution in [0.15, 0.2) is 0 Å². The molecule has 1 aliphatic carbocycles. The third-order valence-corrected chi connectivity index (χ3v) is 3.25. The highest BCUT2D eigenvalue weighted by atomic mass is 15.1. The second-order valence-electron chi connectivity index (χ2n) is 4.50. The standard InChI is InChI=1S/C12H22N2/c1-14(10-5-9-13)11-8-12-6-3-2-4-7-12/h12H,2-8,10-11H2,1H3. The summed E-state index contributed by atoms with van der Waals surface area (Å²) in [6.07, 6.45) is 9.20. The molecule has 1 aliphatic rings. The molecule has 1 fully saturated rings. The molecule has 0 unspecified atom stereocenters. The van der Waals surface area contributed by atoms with Gasteiger partial charge in [-0.25, -0.2) is 0 Å². The smallest absolute Gasteiger partial charge is 0.0635 e. The van der Waals surface area contributed by atoms with E-state index in [1.807, 2.05) is 0 Å². The Morgan fingerprint density at radius 2 is 1.93 bits per heavy atom. The topological polar surface area (TPSA) is 27.0 Å². The Labute approximate surface area is 87.9 Å². The molecule has 80 valence electrons. The molecule has 1 saturated carbocycles. The van der Waals surface area contributed by atoms with Gasteiger partial charge in [0.05, 0.1) is 6.07 Å². The van der Waals surface area contributed by atoms with Crippen molar-refractivity contribution in [2.24, 2.45) is 5.92 Å². The fourth-order valence-corrected chi connectivity index (χ4v) is 2.23. The highest BCUT2D eigenvalue weighted by Gasteiger charge is 2.13. The van der Waals surface area contributed by atoms with E-state index in [9.17, 15) is 0 Å². The lowest BCUT2D eigenvalue weighted by Gasteiger charge is -2.24. The van der Waals surface area contributed by atoms with Crippen molar-refractivity contribution in [3.63, 3.8) is 0 Å². The predicted molar refractivity (Wildman–Crippen MR) is 58.9 cm³/mol. The summed E-state index contributed by atoms with van der Waals surface area (Å²) in [7, 11) is 2.13. The second-order valence-corrected chi connectivity index (χ2v) is 4.50. The lowest BCUT2D eigenvalue weighted by Crippen LogP contribution is -2.23. The van der Waals surface area contributed by atoms with Crippen LogP contribution in [0.3, 0.4) is 0 Å². The van der Waals surface area contributed by atoms with Gasteiger partial charge in [0.25, 0.3) is 0 Å². The first-order valence-electron chi connectivity index (χ1n) is 5.88. The zero-order valence-corrected chi connectivity index (χ0v) is 9.34. The Kier molecular flexibility index (Phi) is 5.63. The Balaban J connectivity index is 2.03. The summed E-state index contributed by atoms with van der Waals surface area (Å²) in [5.74, 6) is 0.966. The van der Waals surface area contributed by atoms with Crippen molar-refractivity contribution in [1.82, 2.24) is 4.90 Å². The van der Waals surface area contributed by atoms with Crippen LogP contribution in [0.2, 0.25) is 0 Å². The molecule has 0 bridgehead atoms. The van der Waals surface area contributed by atoms with Gasteiger partial charge in [-0.05, 0) is 25.9 Å². The van der Waals surface area contributed by atoms with Gasteiger partial charge in [0, 0.05) is 13.0 Å². The maximum atomic E-state index is 8.46. The first kappa shape index (κ1) is 11.5. The largest absolute Gasteiger partial charge is 0.305 e. The maximum absolute atomic E-state index is 8.46. The van der Waals surface area contributed by atoms with Gasteiger partial charge in [-0.15, -0.1) is 0 Å². The van der Waals surface area contributed by atoms with Gasteiger partial charge in [-0.1, -0.05) is 32.1 Å². The molecular formula is C12H22N2. The third kappa shape index (κ3) is 4.62. The Hall–Kier alpha value is -0.550. The molecule has 0 aliphatic heterocycles. The summed E-state index contributed by atoms with van der Waals surface area (Å²) in [6, 6.07) is 2.19. The molecular weight excluding hydrogens is 172 g/mol. The lowest BCUT2D eigenvalue weighted by atomic mass is 9.87. The molecule has 1 rings (SSSR count). The van der Waals surface area contributed by atoms with Crippen LogP contribution in [0.1, 0.15) is 44.9 Å². The summed E-state index contributed by atoms with van der Waals surface area (Å²) in [6.45, 7) is 2.11. The minimum atomic E-state index is 0.668. The van der Waals surface area contributed by atoms with E-state index >= 15 is 0 Å². The van der Waals surface area contributed by atoms with Crippen LogP contribution in [0, 0.1) is 17.2 Å². The molecule has 14 heavy (non-hydrogen) atoms. The van der Waals surface area contributed by atoms with E-state index in [-0.39, 0.29) is 0 Å². The van der Waals surface area contributed by atoms with Crippen LogP contribution in [0.25, 0.3) is 0 Å². The molecule has 2 nitrogen and oxygen atoms in total. The van der Waals surface area contributed by atoms with Crippen LogP contribution in [0.4, 0.5) is 0 Å².